The van der Waals surface area contributed by atoms with Crippen molar-refractivity contribution >= 4 is 39.5 Å². The second-order valence-corrected chi connectivity index (χ2v) is 8.26. The summed E-state index contributed by atoms with van der Waals surface area (Å²) in [5.74, 6) is 2.06. The van der Waals surface area contributed by atoms with Gasteiger partial charge in [-0.2, -0.15) is 5.10 Å². The first-order valence-electron chi connectivity index (χ1n) is 10.4. The molecule has 4 heterocycles. The molecular weight excluding hydrogens is 416 g/mol. The average Bonchev–Trinajstić information content (AvgIpc) is 3.41. The largest absolute Gasteiger partial charge is 0.377 e. The minimum Gasteiger partial charge on any atom is -0.371 e. The Bertz CT molecular complexity index is 1370. The van der Waals surface area contributed by atoms with E-state index in [0.717, 1.165) is 24.6 Å². The summed E-state index contributed by atoms with van der Waals surface area (Å²) in [6.45, 7) is 2.12. The zero-order valence-corrected chi connectivity index (χ0v) is 17.6. The summed E-state index contributed by atoms with van der Waals surface area (Å²) >= 11 is 0. The van der Waals surface area contributed by atoms with Gasteiger partial charge in [0.2, 0.25) is 0 Å². The fraction of sp³-hybridized carbons (Fsp3) is 0.400. The van der Waals surface area contributed by atoms with Gasteiger partial charge in [0.25, 0.3) is 0 Å². The van der Waals surface area contributed by atoms with Crippen LogP contribution in [0.5, 0.6) is 0 Å². The zero-order valence-electron chi connectivity index (χ0n) is 17.6. The number of rotatable bonds is 5. The fourth-order valence-corrected chi connectivity index (χ4v) is 4.54. The van der Waals surface area contributed by atoms with E-state index in [0.29, 0.717) is 39.1 Å². The third-order valence-corrected chi connectivity index (χ3v) is 6.01. The van der Waals surface area contributed by atoms with Gasteiger partial charge in [-0.1, -0.05) is 6.92 Å². The number of nitrogens with one attached hydrogen (secondary N) is 3. The monoisotopic (exact) mass is 440 g/mol. The Balaban J connectivity index is 1.59. The molecule has 4 aromatic heterocycles. The highest BCUT2D eigenvalue weighted by molar-refractivity contribution is 5.88. The molecule has 12 nitrogen and oxygen atoms in total. The maximum atomic E-state index is 13.0. The van der Waals surface area contributed by atoms with Crippen molar-refractivity contribution in [3.05, 3.63) is 34.9 Å². The second kappa shape index (κ2) is 7.29. The molecule has 0 saturated heterocycles. The molecular formula is C20H24N8O4. The van der Waals surface area contributed by atoms with Gasteiger partial charge in [-0.3, -0.25) is 9.67 Å². The van der Waals surface area contributed by atoms with E-state index in [1.165, 1.54) is 10.8 Å². The smallest absolute Gasteiger partial charge is 0.371 e. The third-order valence-electron chi connectivity index (χ3n) is 6.01. The average molecular weight is 440 g/mol. The molecule has 0 aliphatic heterocycles. The summed E-state index contributed by atoms with van der Waals surface area (Å²) in [5, 5.41) is 43.3. The van der Waals surface area contributed by atoms with Gasteiger partial charge in [0, 0.05) is 19.2 Å². The van der Waals surface area contributed by atoms with E-state index in [9.17, 15) is 20.1 Å². The molecule has 1 fully saturated rings. The summed E-state index contributed by atoms with van der Waals surface area (Å²) in [6, 6.07) is 5.17. The van der Waals surface area contributed by atoms with Gasteiger partial charge >= 0.3 is 11.8 Å². The molecule has 0 aromatic carbocycles. The number of hydrogen-bond acceptors (Lipinski definition) is 9. The maximum absolute atomic E-state index is 13.0. The summed E-state index contributed by atoms with van der Waals surface area (Å²) in [5.41, 5.74) is 0.438. The molecule has 1 aliphatic carbocycles. The molecule has 4 aromatic rings. The number of pyridine rings is 2. The lowest BCUT2D eigenvalue weighted by molar-refractivity contribution is -0.374. The molecule has 0 amide bonds. The number of nitrogens with zero attached hydrogens (tertiary/aromatic N) is 5. The number of imidazole rings is 1. The molecule has 2 unspecified atom stereocenters. The van der Waals surface area contributed by atoms with Crippen molar-refractivity contribution in [2.24, 2.45) is 5.92 Å². The van der Waals surface area contributed by atoms with E-state index in [4.69, 9.17) is 0 Å². The highest BCUT2D eigenvalue weighted by Gasteiger charge is 2.33. The Kier molecular flexibility index (Phi) is 4.65. The van der Waals surface area contributed by atoms with Crippen LogP contribution in [0.25, 0.3) is 22.1 Å². The van der Waals surface area contributed by atoms with Crippen molar-refractivity contribution in [1.29, 1.82) is 0 Å². The normalized spacial score (nSPS) is 19.2. The van der Waals surface area contributed by atoms with E-state index in [1.807, 2.05) is 6.07 Å². The predicted octanol–water partition coefficient (Wildman–Crippen LogP) is 1.16. The molecule has 168 valence electrons. The molecule has 32 heavy (non-hydrogen) atoms. The van der Waals surface area contributed by atoms with Crippen molar-refractivity contribution in [3.63, 3.8) is 0 Å². The van der Waals surface area contributed by atoms with Gasteiger partial charge < -0.3 is 26.0 Å². The van der Waals surface area contributed by atoms with Crippen LogP contribution >= 0.6 is 0 Å². The molecule has 2 atom stereocenters. The highest BCUT2D eigenvalue weighted by atomic mass is 16.7. The van der Waals surface area contributed by atoms with Gasteiger partial charge in [-0.15, -0.1) is 0 Å². The van der Waals surface area contributed by atoms with Crippen LogP contribution in [0, 0.1) is 5.92 Å². The molecule has 1 aliphatic rings. The molecule has 6 N–H and O–H groups in total. The highest BCUT2D eigenvalue weighted by Crippen LogP contribution is 2.36. The lowest BCUT2D eigenvalue weighted by Crippen LogP contribution is -2.41. The number of aliphatic hydroxyl groups is 3. The van der Waals surface area contributed by atoms with Crippen LogP contribution in [0.2, 0.25) is 0 Å². The summed E-state index contributed by atoms with van der Waals surface area (Å²) in [6.07, 6.45) is 0.516. The van der Waals surface area contributed by atoms with E-state index < -0.39 is 11.8 Å². The number of aromatic amines is 1. The van der Waals surface area contributed by atoms with Crippen LogP contribution in [-0.2, 0) is 6.10 Å². The minimum atomic E-state index is -3.33. The molecule has 0 radical (unpaired) electrons. The Hall–Kier alpha value is -3.48. The van der Waals surface area contributed by atoms with Gasteiger partial charge in [0.05, 0.1) is 22.6 Å². The fourth-order valence-electron chi connectivity index (χ4n) is 4.54. The van der Waals surface area contributed by atoms with E-state index in [1.54, 1.807) is 19.2 Å². The number of hydrogen-bond donors (Lipinski definition) is 6. The standard InChI is InChI=1S/C20H24N8O4/c1-10-3-4-11(7-10)27-13-8-16(22-9-14(13)28(19(27)29)20(30,31)32)23-15-6-5-12-17(21-2)25-26-18(12)24-15/h5-6,8-11,30-32H,3-4,7H2,1-2H3,(H3,21,22,23,24,25,26). The second-order valence-electron chi connectivity index (χ2n) is 8.26. The van der Waals surface area contributed by atoms with Crippen LogP contribution in [0.3, 0.4) is 0 Å². The summed E-state index contributed by atoms with van der Waals surface area (Å²) < 4.78 is 2.05. The van der Waals surface area contributed by atoms with Gasteiger partial charge in [0.15, 0.2) is 11.5 Å². The Morgan fingerprint density at radius 2 is 2.00 bits per heavy atom. The Labute approximate surface area is 181 Å². The number of anilines is 3. The van der Waals surface area contributed by atoms with Crippen molar-refractivity contribution in [2.45, 2.75) is 38.3 Å². The number of fused-ring (bicyclic) bond motifs is 2. The maximum Gasteiger partial charge on any atom is 0.377 e. The van der Waals surface area contributed by atoms with Crippen molar-refractivity contribution < 1.29 is 15.3 Å². The van der Waals surface area contributed by atoms with E-state index in [2.05, 4.69) is 37.7 Å². The molecule has 0 bridgehead atoms. The third kappa shape index (κ3) is 3.28. The lowest BCUT2D eigenvalue weighted by Gasteiger charge is -2.15. The lowest BCUT2D eigenvalue weighted by atomic mass is 10.1. The summed E-state index contributed by atoms with van der Waals surface area (Å²) in [4.78, 5) is 21.8. The van der Waals surface area contributed by atoms with Gasteiger partial charge in [-0.25, -0.2) is 19.3 Å². The Morgan fingerprint density at radius 1 is 1.19 bits per heavy atom. The van der Waals surface area contributed by atoms with E-state index >= 15 is 0 Å². The number of aromatic nitrogens is 6. The quantitative estimate of drug-likeness (QED) is 0.250. The predicted molar refractivity (Wildman–Crippen MR) is 117 cm³/mol. The van der Waals surface area contributed by atoms with Crippen molar-refractivity contribution in [1.82, 2.24) is 29.3 Å². The van der Waals surface area contributed by atoms with Crippen molar-refractivity contribution in [2.75, 3.05) is 17.7 Å². The van der Waals surface area contributed by atoms with Crippen molar-refractivity contribution in [3.8, 4) is 0 Å². The van der Waals surface area contributed by atoms with Crippen LogP contribution in [-0.4, -0.2) is 51.7 Å². The van der Waals surface area contributed by atoms with E-state index in [-0.39, 0.29) is 11.6 Å². The number of H-pyrrole nitrogens is 1. The first-order chi connectivity index (χ1) is 15.3. The first-order valence-corrected chi connectivity index (χ1v) is 10.4. The zero-order chi connectivity index (χ0) is 22.6. The van der Waals surface area contributed by atoms with Gasteiger partial charge in [0.1, 0.15) is 11.6 Å². The molecule has 5 rings (SSSR count). The topological polar surface area (TPSA) is 166 Å². The minimum absolute atomic E-state index is 0.113. The van der Waals surface area contributed by atoms with Crippen LogP contribution in [0.4, 0.5) is 17.5 Å². The van der Waals surface area contributed by atoms with Crippen LogP contribution < -0.4 is 16.3 Å². The van der Waals surface area contributed by atoms with Crippen LogP contribution in [0.1, 0.15) is 32.2 Å². The molecule has 1 saturated carbocycles. The molecule has 0 spiro atoms. The van der Waals surface area contributed by atoms with Gasteiger partial charge in [-0.05, 0) is 37.3 Å². The first kappa shape index (κ1) is 20.4. The molecule has 12 heteroatoms. The SMILES string of the molecule is CNc1n[nH]c2nc(Nc3cc4c(cn3)n(C(O)(O)O)c(=O)n4C3CCC(C)C3)ccc12. The summed E-state index contributed by atoms with van der Waals surface area (Å²) in [7, 11) is 1.78. The Morgan fingerprint density at radius 3 is 2.69 bits per heavy atom. The van der Waals surface area contributed by atoms with Crippen LogP contribution in [0.15, 0.2) is 29.2 Å².